The van der Waals surface area contributed by atoms with E-state index in [0.29, 0.717) is 16.9 Å². The predicted octanol–water partition coefficient (Wildman–Crippen LogP) is 3.30. The van der Waals surface area contributed by atoms with E-state index in [0.717, 1.165) is 26.2 Å². The highest BCUT2D eigenvalue weighted by molar-refractivity contribution is 5.54. The van der Waals surface area contributed by atoms with Crippen molar-refractivity contribution in [2.24, 2.45) is 0 Å². The summed E-state index contributed by atoms with van der Waals surface area (Å²) in [6, 6.07) is 2.24. The molecular formula is C21H25F2N7O2. The number of ether oxygens (including phenoxy) is 2. The largest absolute Gasteiger partial charge is 0.471 e. The minimum Gasteiger partial charge on any atom is -0.471 e. The third-order valence-corrected chi connectivity index (χ3v) is 6.03. The Bertz CT molecular complexity index is 1040. The molecule has 1 saturated carbocycles. The minimum atomic E-state index is -2.98. The van der Waals surface area contributed by atoms with Gasteiger partial charge in [-0.1, -0.05) is 0 Å². The number of aromatic nitrogens is 4. The fourth-order valence-corrected chi connectivity index (χ4v) is 4.01. The first-order chi connectivity index (χ1) is 15.1. The maximum Gasteiger partial charge on any atom is 0.278 e. The summed E-state index contributed by atoms with van der Waals surface area (Å²) in [5, 5.41) is 15.8. The van der Waals surface area contributed by atoms with Crippen molar-refractivity contribution in [3.8, 4) is 11.9 Å². The fraction of sp³-hybridized carbons (Fsp3) is 0.571. The highest BCUT2D eigenvalue weighted by Crippen LogP contribution is 2.57. The van der Waals surface area contributed by atoms with E-state index >= 15 is 0 Å². The van der Waals surface area contributed by atoms with Gasteiger partial charge in [-0.2, -0.15) is 10.2 Å². The van der Waals surface area contributed by atoms with Crippen LogP contribution < -0.4 is 15.4 Å². The van der Waals surface area contributed by atoms with Gasteiger partial charge in [-0.25, -0.2) is 23.7 Å². The highest BCUT2D eigenvalue weighted by atomic mass is 19.3. The lowest BCUT2D eigenvalue weighted by Gasteiger charge is -2.28. The molecule has 2 N–H and O–H groups in total. The van der Waals surface area contributed by atoms with Gasteiger partial charge < -0.3 is 20.1 Å². The second-order valence-electron chi connectivity index (χ2n) is 8.78. The SMILES string of the molecule is CC(F)(F)COc1ncncc1CNc1ncc(C#N)c(N[C@@H]2CCC3(C)OC3(C)C2)n1. The van der Waals surface area contributed by atoms with Crippen LogP contribution in [0.3, 0.4) is 0 Å². The summed E-state index contributed by atoms with van der Waals surface area (Å²) >= 11 is 0. The molecule has 2 aromatic heterocycles. The maximum absolute atomic E-state index is 13.1. The summed E-state index contributed by atoms with van der Waals surface area (Å²) < 4.78 is 37.3. The third kappa shape index (κ3) is 4.70. The van der Waals surface area contributed by atoms with Crippen molar-refractivity contribution in [2.75, 3.05) is 17.2 Å². The van der Waals surface area contributed by atoms with E-state index < -0.39 is 12.5 Å². The van der Waals surface area contributed by atoms with Gasteiger partial charge in [0.15, 0.2) is 6.61 Å². The Labute approximate surface area is 184 Å². The first-order valence-electron chi connectivity index (χ1n) is 10.4. The van der Waals surface area contributed by atoms with Gasteiger partial charge in [0, 0.05) is 25.7 Å². The average Bonchev–Trinajstić information content (AvgIpc) is 3.32. The average molecular weight is 445 g/mol. The maximum atomic E-state index is 13.1. The number of nitrogens with zero attached hydrogens (tertiary/aromatic N) is 5. The number of nitriles is 1. The molecule has 3 heterocycles. The lowest BCUT2D eigenvalue weighted by molar-refractivity contribution is -0.0245. The molecule has 0 amide bonds. The Hall–Kier alpha value is -3.13. The molecule has 0 bridgehead atoms. The zero-order valence-electron chi connectivity index (χ0n) is 18.2. The Kier molecular flexibility index (Phi) is 5.58. The van der Waals surface area contributed by atoms with Gasteiger partial charge in [0.1, 0.15) is 23.8 Å². The number of halogens is 2. The van der Waals surface area contributed by atoms with Gasteiger partial charge in [0.05, 0.1) is 23.0 Å². The van der Waals surface area contributed by atoms with Crippen molar-refractivity contribution >= 4 is 11.8 Å². The molecule has 170 valence electrons. The smallest absolute Gasteiger partial charge is 0.278 e. The first-order valence-corrected chi connectivity index (χ1v) is 10.4. The molecule has 0 spiro atoms. The van der Waals surface area contributed by atoms with Crippen LogP contribution in [0.25, 0.3) is 0 Å². The number of hydrogen-bond donors (Lipinski definition) is 2. The first kappa shape index (κ1) is 22.1. The van der Waals surface area contributed by atoms with Crippen LogP contribution in [0.15, 0.2) is 18.7 Å². The van der Waals surface area contributed by atoms with Crippen LogP contribution >= 0.6 is 0 Å². The predicted molar refractivity (Wildman–Crippen MR) is 111 cm³/mol. The molecule has 3 atom stereocenters. The monoisotopic (exact) mass is 445 g/mol. The second-order valence-corrected chi connectivity index (χ2v) is 8.78. The summed E-state index contributed by atoms with van der Waals surface area (Å²) in [6.45, 7) is 4.37. The molecule has 2 aliphatic rings. The summed E-state index contributed by atoms with van der Waals surface area (Å²) in [5.74, 6) is -2.21. The van der Waals surface area contributed by atoms with Gasteiger partial charge in [0.25, 0.3) is 5.92 Å². The van der Waals surface area contributed by atoms with E-state index in [9.17, 15) is 14.0 Å². The number of fused-ring (bicyclic) bond motifs is 1. The van der Waals surface area contributed by atoms with E-state index in [1.165, 1.54) is 18.7 Å². The van der Waals surface area contributed by atoms with Gasteiger partial charge in [-0.05, 0) is 33.1 Å². The van der Waals surface area contributed by atoms with Crippen molar-refractivity contribution in [3.05, 3.63) is 29.8 Å². The van der Waals surface area contributed by atoms with Gasteiger partial charge in [-0.3, -0.25) is 0 Å². The van der Waals surface area contributed by atoms with Crippen LogP contribution in [0.1, 0.15) is 51.2 Å². The fourth-order valence-electron chi connectivity index (χ4n) is 4.01. The number of alkyl halides is 2. The standard InChI is InChI=1S/C21H25F2N7O2/c1-19-5-4-15(6-20(19,2)32-19)29-16-13(7-24)9-26-18(30-16)27-10-14-8-25-12-28-17(14)31-11-21(3,22)23/h8-9,12,15H,4-6,10-11H2,1-3H3,(H2,26,27,29,30)/t15-,19?,20?/m1/s1. The van der Waals surface area contributed by atoms with E-state index in [-0.39, 0.29) is 35.6 Å². The van der Waals surface area contributed by atoms with Gasteiger partial charge in [0.2, 0.25) is 11.8 Å². The van der Waals surface area contributed by atoms with E-state index in [2.05, 4.69) is 50.5 Å². The number of epoxide rings is 1. The van der Waals surface area contributed by atoms with Crippen molar-refractivity contribution < 1.29 is 18.3 Å². The summed E-state index contributed by atoms with van der Waals surface area (Å²) in [4.78, 5) is 16.5. The Morgan fingerprint density at radius 3 is 2.84 bits per heavy atom. The van der Waals surface area contributed by atoms with Crippen molar-refractivity contribution in [1.82, 2.24) is 19.9 Å². The quantitative estimate of drug-likeness (QED) is 0.590. The van der Waals surface area contributed by atoms with Crippen LogP contribution in [0.5, 0.6) is 5.88 Å². The van der Waals surface area contributed by atoms with Crippen molar-refractivity contribution in [2.45, 2.75) is 69.7 Å². The van der Waals surface area contributed by atoms with Crippen LogP contribution in [-0.4, -0.2) is 49.7 Å². The van der Waals surface area contributed by atoms with E-state index in [1.54, 1.807) is 0 Å². The zero-order valence-corrected chi connectivity index (χ0v) is 18.2. The highest BCUT2D eigenvalue weighted by Gasteiger charge is 2.65. The molecule has 0 aromatic carbocycles. The van der Waals surface area contributed by atoms with Gasteiger partial charge >= 0.3 is 0 Å². The lowest BCUT2D eigenvalue weighted by atomic mass is 9.79. The molecule has 2 fully saturated rings. The molecular weight excluding hydrogens is 420 g/mol. The lowest BCUT2D eigenvalue weighted by Crippen LogP contribution is -2.36. The number of hydrogen-bond acceptors (Lipinski definition) is 9. The molecule has 4 rings (SSSR count). The molecule has 0 radical (unpaired) electrons. The number of anilines is 2. The Morgan fingerprint density at radius 2 is 2.12 bits per heavy atom. The second kappa shape index (κ2) is 8.09. The van der Waals surface area contributed by atoms with Crippen LogP contribution in [0.4, 0.5) is 20.5 Å². The minimum absolute atomic E-state index is 0.0547. The molecule has 32 heavy (non-hydrogen) atoms. The number of rotatable bonds is 8. The normalized spacial score (nSPS) is 26.6. The molecule has 9 nitrogen and oxygen atoms in total. The van der Waals surface area contributed by atoms with Crippen LogP contribution in [0.2, 0.25) is 0 Å². The molecule has 1 saturated heterocycles. The summed E-state index contributed by atoms with van der Waals surface area (Å²) in [7, 11) is 0. The molecule has 1 aliphatic carbocycles. The molecule has 1 aliphatic heterocycles. The van der Waals surface area contributed by atoms with E-state index in [1.807, 2.05) is 0 Å². The van der Waals surface area contributed by atoms with Crippen LogP contribution in [0, 0.1) is 11.3 Å². The van der Waals surface area contributed by atoms with Gasteiger partial charge in [-0.15, -0.1) is 0 Å². The third-order valence-electron chi connectivity index (χ3n) is 6.03. The van der Waals surface area contributed by atoms with Crippen molar-refractivity contribution in [3.63, 3.8) is 0 Å². The summed E-state index contributed by atoms with van der Waals surface area (Å²) in [5.41, 5.74) is 0.608. The van der Waals surface area contributed by atoms with Crippen molar-refractivity contribution in [1.29, 1.82) is 5.26 Å². The molecule has 11 heteroatoms. The van der Waals surface area contributed by atoms with Crippen LogP contribution in [-0.2, 0) is 11.3 Å². The Balaban J connectivity index is 1.43. The molecule has 2 unspecified atom stereocenters. The topological polar surface area (TPSA) is 121 Å². The zero-order chi connectivity index (χ0) is 23.0. The summed E-state index contributed by atoms with van der Waals surface area (Å²) in [6.07, 6.45) is 6.82. The Morgan fingerprint density at radius 1 is 1.31 bits per heavy atom. The molecule has 2 aromatic rings. The number of nitrogens with one attached hydrogen (secondary N) is 2. The van der Waals surface area contributed by atoms with E-state index in [4.69, 9.17) is 9.47 Å².